The van der Waals surface area contributed by atoms with Crippen LogP contribution in [-0.2, 0) is 0 Å². The Balaban J connectivity index is 2.37. The van der Waals surface area contributed by atoms with Crippen LogP contribution in [0.5, 0.6) is 0 Å². The molecule has 2 aromatic rings. The molecule has 1 unspecified atom stereocenters. The summed E-state index contributed by atoms with van der Waals surface area (Å²) >= 11 is 1.48. The molecule has 0 aliphatic carbocycles. The molecule has 0 aliphatic heterocycles. The molecule has 4 N–H and O–H groups in total. The second-order valence-electron chi connectivity index (χ2n) is 3.30. The number of nitrogens with two attached hydrogens (primary N) is 1. The minimum atomic E-state index is -0.605. The number of H-pyrrole nitrogens is 1. The highest BCUT2D eigenvalue weighted by Gasteiger charge is 2.15. The molecule has 0 spiro atoms. The van der Waals surface area contributed by atoms with Crippen molar-refractivity contribution in [2.75, 3.05) is 6.54 Å². The summed E-state index contributed by atoms with van der Waals surface area (Å²) in [4.78, 5) is 8.33. The van der Waals surface area contributed by atoms with E-state index in [1.165, 1.54) is 11.3 Å². The van der Waals surface area contributed by atoms with E-state index in [0.29, 0.717) is 0 Å². The van der Waals surface area contributed by atoms with Crippen LogP contribution in [0.3, 0.4) is 0 Å². The van der Waals surface area contributed by atoms with E-state index in [9.17, 15) is 5.11 Å². The van der Waals surface area contributed by atoms with Crippen molar-refractivity contribution in [3.8, 4) is 10.7 Å². The molecular formula is C10H13N3OS. The van der Waals surface area contributed by atoms with Gasteiger partial charge in [-0.15, -0.1) is 11.3 Å². The van der Waals surface area contributed by atoms with Crippen molar-refractivity contribution in [3.63, 3.8) is 0 Å². The van der Waals surface area contributed by atoms with E-state index in [1.54, 1.807) is 0 Å². The van der Waals surface area contributed by atoms with Crippen LogP contribution in [0, 0.1) is 6.92 Å². The quantitative estimate of drug-likeness (QED) is 0.737. The van der Waals surface area contributed by atoms with E-state index in [0.717, 1.165) is 21.3 Å². The molecule has 2 heterocycles. The maximum atomic E-state index is 9.66. The SMILES string of the molecule is Cc1nc(-c2ccc[nH]2)sc1C(O)CN. The van der Waals surface area contributed by atoms with Crippen LogP contribution in [0.4, 0.5) is 0 Å². The van der Waals surface area contributed by atoms with E-state index in [-0.39, 0.29) is 6.54 Å². The van der Waals surface area contributed by atoms with Crippen LogP contribution in [0.1, 0.15) is 16.7 Å². The van der Waals surface area contributed by atoms with Gasteiger partial charge in [0.2, 0.25) is 0 Å². The largest absolute Gasteiger partial charge is 0.386 e. The first kappa shape index (κ1) is 10.4. The van der Waals surface area contributed by atoms with E-state index in [4.69, 9.17) is 5.73 Å². The monoisotopic (exact) mass is 223 g/mol. The number of hydrogen-bond donors (Lipinski definition) is 3. The molecule has 0 bridgehead atoms. The highest BCUT2D eigenvalue weighted by molar-refractivity contribution is 7.15. The molecule has 2 aromatic heterocycles. The average molecular weight is 223 g/mol. The van der Waals surface area contributed by atoms with Gasteiger partial charge in [0.25, 0.3) is 0 Å². The maximum absolute atomic E-state index is 9.66. The molecule has 0 aromatic carbocycles. The Hall–Kier alpha value is -1.17. The van der Waals surface area contributed by atoms with E-state index in [1.807, 2.05) is 25.3 Å². The van der Waals surface area contributed by atoms with Gasteiger partial charge in [-0.25, -0.2) is 4.98 Å². The second kappa shape index (κ2) is 4.14. The van der Waals surface area contributed by atoms with Gasteiger partial charge in [0.15, 0.2) is 0 Å². The molecule has 0 saturated heterocycles. The number of thiazole rings is 1. The van der Waals surface area contributed by atoms with Gasteiger partial charge in [0, 0.05) is 12.7 Å². The number of hydrogen-bond acceptors (Lipinski definition) is 4. The number of aromatic nitrogens is 2. The molecule has 0 saturated carbocycles. The van der Waals surface area contributed by atoms with Crippen molar-refractivity contribution < 1.29 is 5.11 Å². The summed E-state index contributed by atoms with van der Waals surface area (Å²) < 4.78 is 0. The zero-order valence-corrected chi connectivity index (χ0v) is 9.21. The molecule has 0 aliphatic rings. The molecule has 0 radical (unpaired) electrons. The fourth-order valence-electron chi connectivity index (χ4n) is 1.40. The van der Waals surface area contributed by atoms with Crippen molar-refractivity contribution in [3.05, 3.63) is 28.9 Å². The van der Waals surface area contributed by atoms with Crippen molar-refractivity contribution in [2.45, 2.75) is 13.0 Å². The number of nitrogens with one attached hydrogen (secondary N) is 1. The van der Waals surface area contributed by atoms with Gasteiger partial charge >= 0.3 is 0 Å². The maximum Gasteiger partial charge on any atom is 0.140 e. The molecule has 80 valence electrons. The highest BCUT2D eigenvalue weighted by Crippen LogP contribution is 2.30. The van der Waals surface area contributed by atoms with Crippen molar-refractivity contribution >= 4 is 11.3 Å². The lowest BCUT2D eigenvalue weighted by molar-refractivity contribution is 0.189. The average Bonchev–Trinajstić information content (AvgIpc) is 2.84. The van der Waals surface area contributed by atoms with Crippen LogP contribution < -0.4 is 5.73 Å². The predicted octanol–water partition coefficient (Wildman–Crippen LogP) is 1.44. The third kappa shape index (κ3) is 1.94. The number of aliphatic hydroxyl groups excluding tert-OH is 1. The van der Waals surface area contributed by atoms with Crippen molar-refractivity contribution in [1.82, 2.24) is 9.97 Å². The van der Waals surface area contributed by atoms with Gasteiger partial charge in [0.1, 0.15) is 11.1 Å². The summed E-state index contributed by atoms with van der Waals surface area (Å²) in [7, 11) is 0. The third-order valence-corrected chi connectivity index (χ3v) is 3.48. The van der Waals surface area contributed by atoms with Crippen molar-refractivity contribution in [2.24, 2.45) is 5.73 Å². The fraction of sp³-hybridized carbons (Fsp3) is 0.300. The number of aliphatic hydroxyl groups is 1. The highest BCUT2D eigenvalue weighted by atomic mass is 32.1. The summed E-state index contributed by atoms with van der Waals surface area (Å²) in [5.74, 6) is 0. The Bertz CT molecular complexity index is 435. The Morgan fingerprint density at radius 3 is 3.07 bits per heavy atom. The summed E-state index contributed by atoms with van der Waals surface area (Å²) in [6.07, 6.45) is 1.25. The Morgan fingerprint density at radius 2 is 2.47 bits per heavy atom. The van der Waals surface area contributed by atoms with Gasteiger partial charge < -0.3 is 15.8 Å². The molecule has 0 fully saturated rings. The predicted molar refractivity (Wildman–Crippen MR) is 60.7 cm³/mol. The number of aromatic amines is 1. The lowest BCUT2D eigenvalue weighted by Crippen LogP contribution is -2.10. The number of aryl methyl sites for hydroxylation is 1. The Labute approximate surface area is 91.8 Å². The molecular weight excluding hydrogens is 210 g/mol. The first-order valence-corrected chi connectivity index (χ1v) is 5.53. The van der Waals surface area contributed by atoms with Gasteiger partial charge in [-0.05, 0) is 19.1 Å². The molecule has 5 heteroatoms. The van der Waals surface area contributed by atoms with Crippen LogP contribution in [0.15, 0.2) is 18.3 Å². The van der Waals surface area contributed by atoms with Crippen LogP contribution >= 0.6 is 11.3 Å². The summed E-state index contributed by atoms with van der Waals surface area (Å²) in [5, 5.41) is 10.5. The first-order chi connectivity index (χ1) is 7.22. The van der Waals surface area contributed by atoms with E-state index >= 15 is 0 Å². The molecule has 2 rings (SSSR count). The standard InChI is InChI=1S/C10H13N3OS/c1-6-9(8(14)5-11)15-10(13-6)7-3-2-4-12-7/h2-4,8,12,14H,5,11H2,1H3. The summed E-state index contributed by atoms with van der Waals surface area (Å²) in [5.41, 5.74) is 7.24. The molecule has 4 nitrogen and oxygen atoms in total. The van der Waals surface area contributed by atoms with Crippen LogP contribution in [0.25, 0.3) is 10.7 Å². The summed E-state index contributed by atoms with van der Waals surface area (Å²) in [6, 6.07) is 3.88. The Kier molecular flexibility index (Phi) is 2.86. The first-order valence-electron chi connectivity index (χ1n) is 4.71. The van der Waals surface area contributed by atoms with Gasteiger partial charge in [-0.1, -0.05) is 0 Å². The van der Waals surface area contributed by atoms with Crippen LogP contribution in [0.2, 0.25) is 0 Å². The summed E-state index contributed by atoms with van der Waals surface area (Å²) in [6.45, 7) is 2.12. The van der Waals surface area contributed by atoms with Gasteiger partial charge in [-0.3, -0.25) is 0 Å². The smallest absolute Gasteiger partial charge is 0.140 e. The van der Waals surface area contributed by atoms with E-state index < -0.39 is 6.10 Å². The van der Waals surface area contributed by atoms with Crippen LogP contribution in [-0.4, -0.2) is 21.6 Å². The molecule has 1 atom stereocenters. The van der Waals surface area contributed by atoms with Gasteiger partial charge in [0.05, 0.1) is 16.3 Å². The third-order valence-electron chi connectivity index (χ3n) is 2.19. The Morgan fingerprint density at radius 1 is 1.67 bits per heavy atom. The lowest BCUT2D eigenvalue weighted by atomic mass is 10.2. The number of rotatable bonds is 3. The normalized spacial score (nSPS) is 13.0. The minimum absolute atomic E-state index is 0.229. The topological polar surface area (TPSA) is 74.9 Å². The lowest BCUT2D eigenvalue weighted by Gasteiger charge is -2.03. The second-order valence-corrected chi connectivity index (χ2v) is 4.33. The minimum Gasteiger partial charge on any atom is -0.386 e. The van der Waals surface area contributed by atoms with Crippen molar-refractivity contribution in [1.29, 1.82) is 0 Å². The zero-order valence-electron chi connectivity index (χ0n) is 8.40. The molecule has 15 heavy (non-hydrogen) atoms. The van der Waals surface area contributed by atoms with E-state index in [2.05, 4.69) is 9.97 Å². The number of nitrogens with zero attached hydrogens (tertiary/aromatic N) is 1. The van der Waals surface area contributed by atoms with Gasteiger partial charge in [-0.2, -0.15) is 0 Å². The fourth-order valence-corrected chi connectivity index (χ4v) is 2.46. The zero-order chi connectivity index (χ0) is 10.8. The molecule has 0 amide bonds.